The van der Waals surface area contributed by atoms with Crippen molar-refractivity contribution < 1.29 is 13.9 Å². The predicted octanol–water partition coefficient (Wildman–Crippen LogP) is 2.50. The Kier molecular flexibility index (Phi) is 3.60. The molecule has 0 bridgehead atoms. The lowest BCUT2D eigenvalue weighted by molar-refractivity contribution is 0.120. The highest BCUT2D eigenvalue weighted by Gasteiger charge is 2.19. The standard InChI is InChI=1S/C15H18N2O3/c1-11-15(17-7-9-19-10-8-17)20-14(16-11)12-3-5-13(18-2)6-4-12/h3-6H,7-10H2,1-2H3. The quantitative estimate of drug-likeness (QED) is 0.860. The van der Waals surface area contributed by atoms with Crippen LogP contribution in [0.4, 0.5) is 5.88 Å². The number of hydrogen-bond donors (Lipinski definition) is 0. The van der Waals surface area contributed by atoms with Crippen LogP contribution in [0.1, 0.15) is 5.69 Å². The van der Waals surface area contributed by atoms with E-state index < -0.39 is 0 Å². The number of morpholine rings is 1. The lowest BCUT2D eigenvalue weighted by Gasteiger charge is -2.26. The van der Waals surface area contributed by atoms with Gasteiger partial charge in [0.05, 0.1) is 20.3 Å². The minimum atomic E-state index is 0.645. The van der Waals surface area contributed by atoms with E-state index in [2.05, 4.69) is 9.88 Å². The second-order valence-electron chi connectivity index (χ2n) is 4.74. The average molecular weight is 274 g/mol. The zero-order valence-corrected chi connectivity index (χ0v) is 11.8. The van der Waals surface area contributed by atoms with Gasteiger partial charge in [-0.05, 0) is 31.2 Å². The maximum absolute atomic E-state index is 5.93. The van der Waals surface area contributed by atoms with Gasteiger partial charge in [-0.3, -0.25) is 0 Å². The molecule has 0 N–H and O–H groups in total. The van der Waals surface area contributed by atoms with Crippen LogP contribution in [0.2, 0.25) is 0 Å². The molecule has 0 atom stereocenters. The topological polar surface area (TPSA) is 47.7 Å². The van der Waals surface area contributed by atoms with Gasteiger partial charge in [-0.25, -0.2) is 4.98 Å². The number of nitrogens with zero attached hydrogens (tertiary/aromatic N) is 2. The fourth-order valence-electron chi connectivity index (χ4n) is 2.31. The molecule has 0 saturated carbocycles. The summed E-state index contributed by atoms with van der Waals surface area (Å²) < 4.78 is 16.4. The number of ether oxygens (including phenoxy) is 2. The molecule has 2 aromatic rings. The van der Waals surface area contributed by atoms with Crippen LogP contribution >= 0.6 is 0 Å². The highest BCUT2D eigenvalue weighted by atomic mass is 16.5. The largest absolute Gasteiger partial charge is 0.497 e. The Morgan fingerprint density at radius 2 is 1.85 bits per heavy atom. The monoisotopic (exact) mass is 274 g/mol. The van der Waals surface area contributed by atoms with Crippen molar-refractivity contribution in [2.75, 3.05) is 38.3 Å². The lowest BCUT2D eigenvalue weighted by atomic mass is 10.2. The molecule has 1 aliphatic rings. The molecule has 0 radical (unpaired) electrons. The van der Waals surface area contributed by atoms with Gasteiger partial charge in [-0.1, -0.05) is 0 Å². The van der Waals surface area contributed by atoms with Crippen molar-refractivity contribution in [1.82, 2.24) is 4.98 Å². The molecule has 1 fully saturated rings. The predicted molar refractivity (Wildman–Crippen MR) is 76.3 cm³/mol. The number of hydrogen-bond acceptors (Lipinski definition) is 5. The second-order valence-corrected chi connectivity index (χ2v) is 4.74. The number of benzene rings is 1. The zero-order valence-electron chi connectivity index (χ0n) is 11.8. The summed E-state index contributed by atoms with van der Waals surface area (Å²) >= 11 is 0. The molecule has 0 spiro atoms. The van der Waals surface area contributed by atoms with Gasteiger partial charge >= 0.3 is 0 Å². The third kappa shape index (κ3) is 2.49. The maximum atomic E-state index is 5.93. The van der Waals surface area contributed by atoms with Gasteiger partial charge in [0.2, 0.25) is 11.8 Å². The third-order valence-electron chi connectivity index (χ3n) is 3.41. The number of aryl methyl sites for hydroxylation is 1. The Hall–Kier alpha value is -2.01. The molecule has 1 aliphatic heterocycles. The van der Waals surface area contributed by atoms with Crippen molar-refractivity contribution in [3.05, 3.63) is 30.0 Å². The van der Waals surface area contributed by atoms with Gasteiger partial charge in [0, 0.05) is 18.7 Å². The molecular formula is C15H18N2O3. The van der Waals surface area contributed by atoms with Crippen LogP contribution in [0.25, 0.3) is 11.5 Å². The molecule has 2 heterocycles. The first-order chi connectivity index (χ1) is 9.78. The highest BCUT2D eigenvalue weighted by Crippen LogP contribution is 2.29. The highest BCUT2D eigenvalue weighted by molar-refractivity contribution is 5.58. The van der Waals surface area contributed by atoms with E-state index in [1.807, 2.05) is 31.2 Å². The van der Waals surface area contributed by atoms with E-state index in [-0.39, 0.29) is 0 Å². The van der Waals surface area contributed by atoms with E-state index in [0.717, 1.165) is 49.2 Å². The summed E-state index contributed by atoms with van der Waals surface area (Å²) in [7, 11) is 1.65. The summed E-state index contributed by atoms with van der Waals surface area (Å²) in [5.74, 6) is 2.32. The van der Waals surface area contributed by atoms with Crippen LogP contribution in [0, 0.1) is 6.92 Å². The summed E-state index contributed by atoms with van der Waals surface area (Å²) in [5.41, 5.74) is 1.87. The smallest absolute Gasteiger partial charge is 0.228 e. The Labute approximate surface area is 118 Å². The van der Waals surface area contributed by atoms with E-state index in [1.165, 1.54) is 0 Å². The zero-order chi connectivity index (χ0) is 13.9. The van der Waals surface area contributed by atoms with Gasteiger partial charge in [-0.15, -0.1) is 0 Å². The molecule has 1 saturated heterocycles. The van der Waals surface area contributed by atoms with Crippen molar-refractivity contribution in [2.45, 2.75) is 6.92 Å². The molecule has 3 rings (SSSR count). The van der Waals surface area contributed by atoms with E-state index in [0.29, 0.717) is 5.89 Å². The van der Waals surface area contributed by atoms with Crippen LogP contribution in [0.15, 0.2) is 28.7 Å². The van der Waals surface area contributed by atoms with Crippen LogP contribution in [0.3, 0.4) is 0 Å². The van der Waals surface area contributed by atoms with E-state index in [1.54, 1.807) is 7.11 Å². The van der Waals surface area contributed by atoms with Crippen molar-refractivity contribution >= 4 is 5.88 Å². The molecule has 5 nitrogen and oxygen atoms in total. The number of anilines is 1. The summed E-state index contributed by atoms with van der Waals surface area (Å²) in [6.07, 6.45) is 0. The number of methoxy groups -OCH3 is 1. The minimum Gasteiger partial charge on any atom is -0.497 e. The third-order valence-corrected chi connectivity index (χ3v) is 3.41. The first kappa shape index (κ1) is 13.0. The van der Waals surface area contributed by atoms with E-state index in [9.17, 15) is 0 Å². The molecule has 5 heteroatoms. The SMILES string of the molecule is COc1ccc(-c2nc(C)c(N3CCOCC3)o2)cc1. The molecule has 106 valence electrons. The fraction of sp³-hybridized carbons (Fsp3) is 0.400. The maximum Gasteiger partial charge on any atom is 0.228 e. The summed E-state index contributed by atoms with van der Waals surface area (Å²) in [6.45, 7) is 5.13. The second kappa shape index (κ2) is 5.54. The summed E-state index contributed by atoms with van der Waals surface area (Å²) in [5, 5.41) is 0. The van der Waals surface area contributed by atoms with Gasteiger partial charge < -0.3 is 18.8 Å². The number of oxazole rings is 1. The molecule has 0 unspecified atom stereocenters. The Morgan fingerprint density at radius 1 is 1.15 bits per heavy atom. The van der Waals surface area contributed by atoms with Crippen molar-refractivity contribution in [2.24, 2.45) is 0 Å². The molecular weight excluding hydrogens is 256 g/mol. The molecule has 20 heavy (non-hydrogen) atoms. The number of rotatable bonds is 3. The van der Waals surface area contributed by atoms with Gasteiger partial charge in [0.25, 0.3) is 0 Å². The van der Waals surface area contributed by atoms with Gasteiger partial charge in [-0.2, -0.15) is 0 Å². The van der Waals surface area contributed by atoms with Crippen molar-refractivity contribution in [3.8, 4) is 17.2 Å². The first-order valence-corrected chi connectivity index (χ1v) is 6.72. The van der Waals surface area contributed by atoms with E-state index >= 15 is 0 Å². The first-order valence-electron chi connectivity index (χ1n) is 6.72. The van der Waals surface area contributed by atoms with Crippen LogP contribution < -0.4 is 9.64 Å². The number of aromatic nitrogens is 1. The molecule has 1 aromatic heterocycles. The Morgan fingerprint density at radius 3 is 2.50 bits per heavy atom. The van der Waals surface area contributed by atoms with Crippen LogP contribution in [-0.4, -0.2) is 38.4 Å². The minimum absolute atomic E-state index is 0.645. The van der Waals surface area contributed by atoms with Crippen molar-refractivity contribution in [3.63, 3.8) is 0 Å². The molecule has 0 aliphatic carbocycles. The van der Waals surface area contributed by atoms with Crippen molar-refractivity contribution in [1.29, 1.82) is 0 Å². The van der Waals surface area contributed by atoms with E-state index in [4.69, 9.17) is 13.9 Å². The molecule has 1 aromatic carbocycles. The average Bonchev–Trinajstić information content (AvgIpc) is 2.90. The Bertz CT molecular complexity index is 571. The van der Waals surface area contributed by atoms with Crippen LogP contribution in [0.5, 0.6) is 5.75 Å². The lowest BCUT2D eigenvalue weighted by Crippen LogP contribution is -2.36. The van der Waals surface area contributed by atoms with Gasteiger partial charge in [0.1, 0.15) is 11.4 Å². The molecule has 0 amide bonds. The summed E-state index contributed by atoms with van der Waals surface area (Å²) in [6, 6.07) is 7.72. The summed E-state index contributed by atoms with van der Waals surface area (Å²) in [4.78, 5) is 6.70. The normalized spacial score (nSPS) is 15.4. The van der Waals surface area contributed by atoms with Crippen LogP contribution in [-0.2, 0) is 4.74 Å². The fourth-order valence-corrected chi connectivity index (χ4v) is 2.31. The Balaban J connectivity index is 1.86. The van der Waals surface area contributed by atoms with Gasteiger partial charge in [0.15, 0.2) is 0 Å².